The maximum Gasteiger partial charge on any atom is 0.340 e. The monoisotopic (exact) mass is 703 g/mol. The number of aromatic nitrogens is 1. The van der Waals surface area contributed by atoms with Gasteiger partial charge in [-0.3, -0.25) is 9.79 Å². The first kappa shape index (κ1) is 32.8. The van der Waals surface area contributed by atoms with E-state index < -0.39 is 17.7 Å². The Morgan fingerprint density at radius 2 is 1.80 bits per heavy atom. The van der Waals surface area contributed by atoms with Gasteiger partial charge in [-0.25, -0.2) is 14.2 Å². The summed E-state index contributed by atoms with van der Waals surface area (Å²) in [5.74, 6) is -1.19. The molecule has 0 radical (unpaired) electrons. The highest BCUT2D eigenvalue weighted by Crippen LogP contribution is 2.43. The van der Waals surface area contributed by atoms with Crippen molar-refractivity contribution in [2.75, 3.05) is 44.7 Å². The van der Waals surface area contributed by atoms with E-state index >= 15 is 4.39 Å². The largest absolute Gasteiger partial charge is 0.472 e. The Kier molecular flexibility index (Phi) is 8.91. The van der Waals surface area contributed by atoms with Gasteiger partial charge in [0.1, 0.15) is 17.3 Å². The average molecular weight is 705 g/mol. The molecule has 2 atom stereocenters. The lowest BCUT2D eigenvalue weighted by Gasteiger charge is -2.37. The zero-order chi connectivity index (χ0) is 34.4. The Hall–Kier alpha value is -4.71. The molecule has 13 heteroatoms. The molecule has 10 nitrogen and oxygen atoms in total. The van der Waals surface area contributed by atoms with Crippen molar-refractivity contribution in [3.63, 3.8) is 0 Å². The molecule has 3 aromatic carbocycles. The van der Waals surface area contributed by atoms with E-state index in [4.69, 9.17) is 43.1 Å². The lowest BCUT2D eigenvalue weighted by atomic mass is 9.96. The number of pyridine rings is 1. The normalized spacial score (nSPS) is 18.4. The van der Waals surface area contributed by atoms with Gasteiger partial charge >= 0.3 is 5.97 Å². The molecule has 1 aromatic heterocycles. The van der Waals surface area contributed by atoms with Crippen molar-refractivity contribution in [2.45, 2.75) is 31.5 Å². The smallest absolute Gasteiger partial charge is 0.340 e. The molecule has 7 rings (SSSR count). The number of aliphatic imine (C=N–C) groups is 1. The maximum atomic E-state index is 15.9. The fraction of sp³-hybridized carbons (Fsp3) is 0.278. The van der Waals surface area contributed by atoms with Crippen molar-refractivity contribution in [3.8, 4) is 28.1 Å². The Balaban J connectivity index is 1.19. The van der Waals surface area contributed by atoms with Crippen molar-refractivity contribution < 1.29 is 28.2 Å². The number of nitrogens with zero attached hydrogens (tertiary/aromatic N) is 4. The first-order valence-corrected chi connectivity index (χ1v) is 16.4. The van der Waals surface area contributed by atoms with E-state index in [1.807, 2.05) is 6.07 Å². The van der Waals surface area contributed by atoms with E-state index in [9.17, 15) is 9.59 Å². The van der Waals surface area contributed by atoms with Gasteiger partial charge in [0.15, 0.2) is 6.73 Å². The van der Waals surface area contributed by atoms with Gasteiger partial charge in [0.25, 0.3) is 5.91 Å². The summed E-state index contributed by atoms with van der Waals surface area (Å²) in [6.45, 7) is 1.10. The number of para-hydroxylation sites is 1. The summed E-state index contributed by atoms with van der Waals surface area (Å²) >= 11 is 13.3. The minimum absolute atomic E-state index is 0.0735. The molecule has 1 amide bonds. The molecular weight excluding hydrogens is 672 g/mol. The standard InChI is InChI=1S/C36H32Cl2FN5O5/c1-41-14-31-29(40)8-9-30(42-31)20-10-26(37)33(27(38)11-20)35(45)43-15-19-4-3-5-23(34(19)49-18-43)24-13-32(25(12-28(24)39)36(46)47-2)44-21-6-7-22(44)17-48-16-21/h3-5,8-14,21-22H,6-7,15-18,40H2,1-2H3. The van der Waals surface area contributed by atoms with E-state index in [-0.39, 0.29) is 52.1 Å². The third kappa shape index (κ3) is 5.96. The first-order chi connectivity index (χ1) is 23.7. The van der Waals surface area contributed by atoms with Crippen LogP contribution in [0.2, 0.25) is 10.0 Å². The van der Waals surface area contributed by atoms with E-state index in [0.717, 1.165) is 12.8 Å². The number of carbonyl (C=O) groups is 2. The molecule has 2 N–H and O–H groups in total. The predicted molar refractivity (Wildman–Crippen MR) is 186 cm³/mol. The molecule has 2 saturated heterocycles. The summed E-state index contributed by atoms with van der Waals surface area (Å²) in [6.07, 6.45) is 3.38. The van der Waals surface area contributed by atoms with Crippen LogP contribution < -0.4 is 15.4 Å². The summed E-state index contributed by atoms with van der Waals surface area (Å²) in [7, 11) is 2.91. The van der Waals surface area contributed by atoms with Gasteiger partial charge in [-0.2, -0.15) is 0 Å². The molecule has 252 valence electrons. The number of esters is 1. The number of hydrogen-bond donors (Lipinski definition) is 1. The first-order valence-electron chi connectivity index (χ1n) is 15.7. The number of anilines is 2. The van der Waals surface area contributed by atoms with Gasteiger partial charge < -0.3 is 29.7 Å². The molecule has 3 aliphatic heterocycles. The summed E-state index contributed by atoms with van der Waals surface area (Å²) in [6, 6.07) is 15.1. The number of rotatable bonds is 6. The molecule has 2 fully saturated rings. The summed E-state index contributed by atoms with van der Waals surface area (Å²) in [5, 5.41) is 0.294. The molecule has 4 heterocycles. The third-order valence-electron chi connectivity index (χ3n) is 9.17. The average Bonchev–Trinajstić information content (AvgIpc) is 3.34. The van der Waals surface area contributed by atoms with Gasteiger partial charge in [-0.05, 0) is 49.2 Å². The second-order valence-electron chi connectivity index (χ2n) is 12.1. The number of nitrogen functional groups attached to an aromatic ring is 1. The number of carbonyl (C=O) groups excluding carboxylic acids is 2. The number of hydrogen-bond acceptors (Lipinski definition) is 9. The zero-order valence-corrected chi connectivity index (χ0v) is 28.2. The third-order valence-corrected chi connectivity index (χ3v) is 9.77. The molecular formula is C36H32Cl2FN5O5. The maximum absolute atomic E-state index is 15.9. The van der Waals surface area contributed by atoms with Gasteiger partial charge in [0.05, 0.1) is 77.2 Å². The van der Waals surface area contributed by atoms with Crippen LogP contribution in [0.15, 0.2) is 59.6 Å². The van der Waals surface area contributed by atoms with Gasteiger partial charge in [0.2, 0.25) is 0 Å². The predicted octanol–water partition coefficient (Wildman–Crippen LogP) is 6.64. The highest BCUT2D eigenvalue weighted by atomic mass is 35.5. The van der Waals surface area contributed by atoms with Crippen LogP contribution >= 0.6 is 23.2 Å². The van der Waals surface area contributed by atoms with Crippen LogP contribution in [0.3, 0.4) is 0 Å². The Morgan fingerprint density at radius 3 is 2.49 bits per heavy atom. The summed E-state index contributed by atoms with van der Waals surface area (Å²) in [5.41, 5.74) is 10.5. The summed E-state index contributed by atoms with van der Waals surface area (Å²) in [4.78, 5) is 38.8. The van der Waals surface area contributed by atoms with Crippen molar-refractivity contribution in [1.29, 1.82) is 0 Å². The van der Waals surface area contributed by atoms with Crippen molar-refractivity contribution >= 4 is 52.7 Å². The molecule has 2 unspecified atom stereocenters. The lowest BCUT2D eigenvalue weighted by molar-refractivity contribution is 0.0515. The van der Waals surface area contributed by atoms with Crippen molar-refractivity contribution in [3.05, 3.63) is 92.8 Å². The van der Waals surface area contributed by atoms with E-state index in [1.165, 1.54) is 18.1 Å². The van der Waals surface area contributed by atoms with E-state index in [2.05, 4.69) is 14.9 Å². The number of benzene rings is 3. The van der Waals surface area contributed by atoms with E-state index in [0.29, 0.717) is 58.4 Å². The Morgan fingerprint density at radius 1 is 1.06 bits per heavy atom. The number of halogens is 3. The van der Waals surface area contributed by atoms with Gasteiger partial charge in [-0.15, -0.1) is 0 Å². The van der Waals surface area contributed by atoms with Crippen molar-refractivity contribution in [1.82, 2.24) is 9.88 Å². The van der Waals surface area contributed by atoms with Gasteiger partial charge in [0, 0.05) is 35.5 Å². The van der Waals surface area contributed by atoms with Crippen molar-refractivity contribution in [2.24, 2.45) is 4.99 Å². The van der Waals surface area contributed by atoms with E-state index in [1.54, 1.807) is 55.7 Å². The van der Waals surface area contributed by atoms with Crippen LogP contribution in [0.1, 0.15) is 44.8 Å². The molecule has 2 bridgehead atoms. The molecule has 0 spiro atoms. The van der Waals surface area contributed by atoms with Crippen LogP contribution in [0, 0.1) is 5.82 Å². The number of fused-ring (bicyclic) bond motifs is 3. The zero-order valence-electron chi connectivity index (χ0n) is 26.7. The molecule has 0 saturated carbocycles. The SMILES string of the molecule is CN=Cc1nc(-c2cc(Cl)c(C(=O)N3COc4c(cccc4-c4cc(N5C6CCC5COC6)c(C(=O)OC)cc4F)C3)c(Cl)c2)ccc1N. The van der Waals surface area contributed by atoms with Crippen LogP contribution in [0.5, 0.6) is 5.75 Å². The fourth-order valence-electron chi connectivity index (χ4n) is 6.85. The molecule has 3 aliphatic rings. The number of nitrogens with two attached hydrogens (primary N) is 1. The Labute approximate surface area is 292 Å². The second-order valence-corrected chi connectivity index (χ2v) is 12.9. The molecule has 4 aromatic rings. The second kappa shape index (κ2) is 13.3. The fourth-order valence-corrected chi connectivity index (χ4v) is 7.50. The van der Waals surface area contributed by atoms with Gasteiger partial charge in [-0.1, -0.05) is 41.4 Å². The molecule has 49 heavy (non-hydrogen) atoms. The lowest BCUT2D eigenvalue weighted by Crippen LogP contribution is -2.46. The highest BCUT2D eigenvalue weighted by Gasteiger charge is 2.40. The Bertz CT molecular complexity index is 1990. The molecule has 0 aliphatic carbocycles. The number of methoxy groups -OCH3 is 1. The quantitative estimate of drug-likeness (QED) is 0.175. The topological polar surface area (TPSA) is 120 Å². The van der Waals surface area contributed by atoms with Crippen LogP contribution in [-0.4, -0.2) is 74.2 Å². The number of amides is 1. The number of ether oxygens (including phenoxy) is 3. The minimum atomic E-state index is -0.613. The van der Waals surface area contributed by atoms with Crippen LogP contribution in [-0.2, 0) is 16.0 Å². The highest BCUT2D eigenvalue weighted by molar-refractivity contribution is 6.40. The summed E-state index contributed by atoms with van der Waals surface area (Å²) < 4.78 is 32.8. The number of morpholine rings is 1. The van der Waals surface area contributed by atoms with Crippen LogP contribution in [0.25, 0.3) is 22.4 Å². The minimum Gasteiger partial charge on any atom is -0.472 e. The van der Waals surface area contributed by atoms with Crippen LogP contribution in [0.4, 0.5) is 15.8 Å².